The molecule has 88 valence electrons. The summed E-state index contributed by atoms with van der Waals surface area (Å²) in [5, 5.41) is 0.562. The molecule has 1 atom stereocenters. The average molecular weight is 251 g/mol. The Morgan fingerprint density at radius 2 is 2.00 bits per heavy atom. The molecule has 1 unspecified atom stereocenters. The fraction of sp³-hybridized carbons (Fsp3) is 0.182. The van der Waals surface area contributed by atoms with Crippen molar-refractivity contribution in [3.05, 3.63) is 47.1 Å². The second kappa shape index (κ2) is 5.07. The monoisotopic (exact) mass is 250 g/mol. The second-order valence-electron chi connectivity index (χ2n) is 3.33. The molecule has 0 fully saturated rings. The predicted molar refractivity (Wildman–Crippen MR) is 63.9 cm³/mol. The Labute approximate surface area is 104 Å². The lowest BCUT2D eigenvalue weighted by Gasteiger charge is -2.12. The van der Waals surface area contributed by atoms with Crippen LogP contribution in [0.4, 0.5) is 0 Å². The minimum atomic E-state index is -0.490. The largest absolute Gasteiger partial charge is 0.480 e. The summed E-state index contributed by atoms with van der Waals surface area (Å²) < 4.78 is 5.10. The number of nitrogens with two attached hydrogens (primary N) is 1. The van der Waals surface area contributed by atoms with Gasteiger partial charge in [0.25, 0.3) is 0 Å². The highest BCUT2D eigenvalue weighted by molar-refractivity contribution is 6.30. The van der Waals surface area contributed by atoms with Crippen molar-refractivity contribution in [3.8, 4) is 5.88 Å². The molecule has 0 saturated heterocycles. The minimum absolute atomic E-state index is 0.400. The standard InChI is InChI=1S/C11H11ClN4O/c1-17-11-10(14-4-5-15-11)9(13)8-3-2-7(12)6-16-8/h2-6,9H,13H2,1H3. The zero-order chi connectivity index (χ0) is 12.3. The molecular formula is C11H11ClN4O. The first-order chi connectivity index (χ1) is 8.22. The maximum Gasteiger partial charge on any atom is 0.237 e. The lowest BCUT2D eigenvalue weighted by molar-refractivity contribution is 0.386. The van der Waals surface area contributed by atoms with Gasteiger partial charge in [0.15, 0.2) is 0 Å². The summed E-state index contributed by atoms with van der Waals surface area (Å²) in [4.78, 5) is 12.4. The third-order valence-corrected chi connectivity index (χ3v) is 2.47. The van der Waals surface area contributed by atoms with Crippen molar-refractivity contribution >= 4 is 11.6 Å². The van der Waals surface area contributed by atoms with E-state index < -0.39 is 6.04 Å². The Morgan fingerprint density at radius 3 is 2.65 bits per heavy atom. The van der Waals surface area contributed by atoms with Crippen LogP contribution in [0.3, 0.4) is 0 Å². The number of hydrogen-bond donors (Lipinski definition) is 1. The lowest BCUT2D eigenvalue weighted by atomic mass is 10.1. The first-order valence-electron chi connectivity index (χ1n) is 4.94. The molecule has 5 nitrogen and oxygen atoms in total. The van der Waals surface area contributed by atoms with Gasteiger partial charge in [0.1, 0.15) is 5.69 Å². The van der Waals surface area contributed by atoms with Crippen LogP contribution < -0.4 is 10.5 Å². The lowest BCUT2D eigenvalue weighted by Crippen LogP contribution is -2.16. The van der Waals surface area contributed by atoms with Crippen LogP contribution in [-0.2, 0) is 0 Å². The van der Waals surface area contributed by atoms with Crippen molar-refractivity contribution in [1.82, 2.24) is 15.0 Å². The topological polar surface area (TPSA) is 73.9 Å². The highest BCUT2D eigenvalue weighted by Crippen LogP contribution is 2.23. The van der Waals surface area contributed by atoms with E-state index in [0.717, 1.165) is 0 Å². The van der Waals surface area contributed by atoms with E-state index in [1.54, 1.807) is 30.7 Å². The maximum absolute atomic E-state index is 6.05. The Bertz CT molecular complexity index is 503. The molecule has 2 heterocycles. The van der Waals surface area contributed by atoms with Crippen LogP contribution in [-0.4, -0.2) is 22.1 Å². The van der Waals surface area contributed by atoms with Crippen molar-refractivity contribution in [3.63, 3.8) is 0 Å². The third kappa shape index (κ3) is 2.51. The van der Waals surface area contributed by atoms with Crippen molar-refractivity contribution < 1.29 is 4.74 Å². The molecule has 0 aliphatic carbocycles. The van der Waals surface area contributed by atoms with Crippen LogP contribution >= 0.6 is 11.6 Å². The molecule has 0 radical (unpaired) electrons. The van der Waals surface area contributed by atoms with Crippen molar-refractivity contribution in [2.45, 2.75) is 6.04 Å². The normalized spacial score (nSPS) is 12.2. The maximum atomic E-state index is 6.05. The van der Waals surface area contributed by atoms with Gasteiger partial charge < -0.3 is 10.5 Å². The predicted octanol–water partition coefficient (Wildman–Crippen LogP) is 1.58. The van der Waals surface area contributed by atoms with Crippen LogP contribution in [0.25, 0.3) is 0 Å². The van der Waals surface area contributed by atoms with E-state index in [-0.39, 0.29) is 0 Å². The minimum Gasteiger partial charge on any atom is -0.480 e. The first kappa shape index (κ1) is 11.8. The Kier molecular flexibility index (Phi) is 3.51. The Morgan fingerprint density at radius 1 is 1.24 bits per heavy atom. The molecule has 2 aromatic rings. The van der Waals surface area contributed by atoms with Gasteiger partial charge in [-0.3, -0.25) is 9.97 Å². The number of rotatable bonds is 3. The summed E-state index contributed by atoms with van der Waals surface area (Å²) in [5.41, 5.74) is 7.26. The Balaban J connectivity index is 2.36. The van der Waals surface area contributed by atoms with Crippen LogP contribution in [0, 0.1) is 0 Å². The third-order valence-electron chi connectivity index (χ3n) is 2.25. The zero-order valence-electron chi connectivity index (χ0n) is 9.17. The molecule has 0 saturated carbocycles. The van der Waals surface area contributed by atoms with E-state index in [0.29, 0.717) is 22.3 Å². The fourth-order valence-electron chi connectivity index (χ4n) is 1.42. The second-order valence-corrected chi connectivity index (χ2v) is 3.77. The number of ether oxygens (including phenoxy) is 1. The molecule has 2 N–H and O–H groups in total. The van der Waals surface area contributed by atoms with Gasteiger partial charge in [0, 0.05) is 18.6 Å². The molecule has 2 aromatic heterocycles. The molecule has 6 heteroatoms. The Hall–Kier alpha value is -1.72. The molecule has 17 heavy (non-hydrogen) atoms. The molecule has 0 amide bonds. The van der Waals surface area contributed by atoms with Crippen molar-refractivity contribution in [1.29, 1.82) is 0 Å². The van der Waals surface area contributed by atoms with Gasteiger partial charge in [0.05, 0.1) is 23.9 Å². The first-order valence-corrected chi connectivity index (χ1v) is 5.32. The zero-order valence-corrected chi connectivity index (χ0v) is 9.93. The van der Waals surface area contributed by atoms with Gasteiger partial charge in [-0.2, -0.15) is 0 Å². The van der Waals surface area contributed by atoms with Crippen molar-refractivity contribution in [2.75, 3.05) is 7.11 Å². The molecule has 2 rings (SSSR count). The number of methoxy groups -OCH3 is 1. The van der Waals surface area contributed by atoms with Gasteiger partial charge in [0.2, 0.25) is 5.88 Å². The molecular weight excluding hydrogens is 240 g/mol. The van der Waals surface area contributed by atoms with Crippen LogP contribution in [0.15, 0.2) is 30.7 Å². The number of nitrogens with zero attached hydrogens (tertiary/aromatic N) is 3. The average Bonchev–Trinajstić information content (AvgIpc) is 2.39. The van der Waals surface area contributed by atoms with Gasteiger partial charge in [-0.05, 0) is 12.1 Å². The van der Waals surface area contributed by atoms with Crippen LogP contribution in [0.5, 0.6) is 5.88 Å². The van der Waals surface area contributed by atoms with Crippen LogP contribution in [0.1, 0.15) is 17.4 Å². The van der Waals surface area contributed by atoms with Gasteiger partial charge >= 0.3 is 0 Å². The van der Waals surface area contributed by atoms with Gasteiger partial charge in [-0.25, -0.2) is 4.98 Å². The quantitative estimate of drug-likeness (QED) is 0.895. The smallest absolute Gasteiger partial charge is 0.237 e. The van der Waals surface area contributed by atoms with E-state index >= 15 is 0 Å². The molecule has 0 aromatic carbocycles. The SMILES string of the molecule is COc1nccnc1C(N)c1ccc(Cl)cn1. The summed E-state index contributed by atoms with van der Waals surface area (Å²) in [6.45, 7) is 0. The van der Waals surface area contributed by atoms with E-state index in [2.05, 4.69) is 15.0 Å². The molecule has 0 aliphatic heterocycles. The number of hydrogen-bond acceptors (Lipinski definition) is 5. The van der Waals surface area contributed by atoms with Crippen LogP contribution in [0.2, 0.25) is 5.02 Å². The summed E-state index contributed by atoms with van der Waals surface area (Å²) in [7, 11) is 1.52. The molecule has 0 spiro atoms. The molecule has 0 aliphatic rings. The summed E-state index contributed by atoms with van der Waals surface area (Å²) >= 11 is 5.76. The number of pyridine rings is 1. The van der Waals surface area contributed by atoms with Gasteiger partial charge in [-0.15, -0.1) is 0 Å². The van der Waals surface area contributed by atoms with E-state index in [1.165, 1.54) is 7.11 Å². The summed E-state index contributed by atoms with van der Waals surface area (Å²) in [5.74, 6) is 0.400. The highest BCUT2D eigenvalue weighted by atomic mass is 35.5. The van der Waals surface area contributed by atoms with Crippen molar-refractivity contribution in [2.24, 2.45) is 5.73 Å². The van der Waals surface area contributed by atoms with E-state index in [1.807, 2.05) is 0 Å². The number of aromatic nitrogens is 3. The highest BCUT2D eigenvalue weighted by Gasteiger charge is 2.17. The summed E-state index contributed by atoms with van der Waals surface area (Å²) in [6.07, 6.45) is 4.65. The molecule has 0 bridgehead atoms. The summed E-state index contributed by atoms with van der Waals surface area (Å²) in [6, 6.07) is 2.99. The van der Waals surface area contributed by atoms with E-state index in [4.69, 9.17) is 22.1 Å². The fourth-order valence-corrected chi connectivity index (χ4v) is 1.53. The van der Waals surface area contributed by atoms with E-state index in [9.17, 15) is 0 Å². The number of halogens is 1. The van der Waals surface area contributed by atoms with Gasteiger partial charge in [-0.1, -0.05) is 11.6 Å².